The summed E-state index contributed by atoms with van der Waals surface area (Å²) in [5.41, 5.74) is 3.05. The Morgan fingerprint density at radius 2 is 1.85 bits per heavy atom. The molecule has 2 aromatic heterocycles. The predicted molar refractivity (Wildman–Crippen MR) is 127 cm³/mol. The number of aromatic amines is 1. The van der Waals surface area contributed by atoms with E-state index < -0.39 is 5.79 Å². The van der Waals surface area contributed by atoms with E-state index >= 15 is 0 Å². The van der Waals surface area contributed by atoms with Crippen LogP contribution in [0, 0.1) is 0 Å². The number of rotatable bonds is 4. The molecule has 0 atom stereocenters. The van der Waals surface area contributed by atoms with E-state index in [1.54, 1.807) is 7.11 Å². The first-order valence-corrected chi connectivity index (χ1v) is 11.4. The third-order valence-electron chi connectivity index (χ3n) is 6.61. The number of likely N-dealkylation sites (tertiary alicyclic amines) is 1. The van der Waals surface area contributed by atoms with E-state index in [1.807, 2.05) is 53.6 Å². The standard InChI is InChI=1S/C25H25N5O4/c1-32-18-6-7-21-19(14-18)20-15-26-29-22(20)23(28-21)27-17-4-2-16(3-5-17)24(31)30-10-8-25(9-11-30)33-12-13-34-25/h2-7,14-15H,8-13H2,1H3,(H,26,29)(H,27,28). The minimum absolute atomic E-state index is 0.0202. The molecule has 4 heterocycles. The van der Waals surface area contributed by atoms with E-state index in [2.05, 4.69) is 15.5 Å². The molecule has 1 spiro atoms. The van der Waals surface area contributed by atoms with E-state index in [0.29, 0.717) is 50.5 Å². The van der Waals surface area contributed by atoms with Crippen LogP contribution in [0.15, 0.2) is 48.7 Å². The molecule has 0 bridgehead atoms. The minimum atomic E-state index is -0.486. The highest BCUT2D eigenvalue weighted by Crippen LogP contribution is 2.33. The van der Waals surface area contributed by atoms with Crippen molar-refractivity contribution < 1.29 is 19.0 Å². The summed E-state index contributed by atoms with van der Waals surface area (Å²) in [7, 11) is 1.64. The first-order valence-electron chi connectivity index (χ1n) is 11.4. The lowest BCUT2D eigenvalue weighted by Crippen LogP contribution is -2.47. The van der Waals surface area contributed by atoms with Gasteiger partial charge in [0.1, 0.15) is 11.3 Å². The van der Waals surface area contributed by atoms with E-state index in [0.717, 1.165) is 33.2 Å². The van der Waals surface area contributed by atoms with Gasteiger partial charge < -0.3 is 24.4 Å². The summed E-state index contributed by atoms with van der Waals surface area (Å²) < 4.78 is 16.9. The van der Waals surface area contributed by atoms with Crippen LogP contribution in [0.4, 0.5) is 11.5 Å². The number of carbonyl (C=O) groups is 1. The summed E-state index contributed by atoms with van der Waals surface area (Å²) in [5, 5.41) is 12.6. The Labute approximate surface area is 196 Å². The number of carbonyl (C=O) groups excluding carboxylic acids is 1. The van der Waals surface area contributed by atoms with Crippen LogP contribution in [0.2, 0.25) is 0 Å². The maximum atomic E-state index is 13.0. The average molecular weight is 460 g/mol. The van der Waals surface area contributed by atoms with Crippen LogP contribution in [-0.2, 0) is 9.47 Å². The first-order chi connectivity index (χ1) is 16.6. The highest BCUT2D eigenvalue weighted by atomic mass is 16.7. The Morgan fingerprint density at radius 1 is 1.09 bits per heavy atom. The maximum absolute atomic E-state index is 13.0. The normalized spacial score (nSPS) is 17.5. The highest BCUT2D eigenvalue weighted by Gasteiger charge is 2.40. The Balaban J connectivity index is 1.20. The molecule has 2 fully saturated rings. The SMILES string of the molecule is COc1ccc2nc(Nc3ccc(C(=O)N4CCC5(CC4)OCCO5)cc3)c3n[nH]cc3c2c1. The zero-order valence-corrected chi connectivity index (χ0v) is 18.8. The van der Waals surface area contributed by atoms with Crippen molar-refractivity contribution in [3.05, 3.63) is 54.2 Å². The van der Waals surface area contributed by atoms with Crippen molar-refractivity contribution in [1.82, 2.24) is 20.1 Å². The van der Waals surface area contributed by atoms with Crippen LogP contribution in [0.25, 0.3) is 21.8 Å². The van der Waals surface area contributed by atoms with Crippen molar-refractivity contribution >= 4 is 39.2 Å². The van der Waals surface area contributed by atoms with Gasteiger partial charge in [-0.2, -0.15) is 5.10 Å². The molecule has 2 aliphatic rings. The fourth-order valence-corrected chi connectivity index (χ4v) is 4.74. The molecular weight excluding hydrogens is 434 g/mol. The Kier molecular flexibility index (Phi) is 5.08. The van der Waals surface area contributed by atoms with Crippen molar-refractivity contribution in [2.45, 2.75) is 18.6 Å². The second-order valence-corrected chi connectivity index (χ2v) is 8.59. The largest absolute Gasteiger partial charge is 0.497 e. The van der Waals surface area contributed by atoms with Gasteiger partial charge in [0.25, 0.3) is 5.91 Å². The molecule has 174 valence electrons. The van der Waals surface area contributed by atoms with E-state index in [9.17, 15) is 4.79 Å². The molecule has 2 aliphatic heterocycles. The second-order valence-electron chi connectivity index (χ2n) is 8.59. The zero-order chi connectivity index (χ0) is 23.1. The van der Waals surface area contributed by atoms with Crippen LogP contribution < -0.4 is 10.1 Å². The number of anilines is 2. The van der Waals surface area contributed by atoms with Crippen molar-refractivity contribution in [3.63, 3.8) is 0 Å². The fourth-order valence-electron chi connectivity index (χ4n) is 4.74. The Morgan fingerprint density at radius 3 is 2.59 bits per heavy atom. The number of piperidine rings is 1. The maximum Gasteiger partial charge on any atom is 0.253 e. The number of nitrogens with zero attached hydrogens (tertiary/aromatic N) is 3. The summed E-state index contributed by atoms with van der Waals surface area (Å²) in [4.78, 5) is 19.6. The van der Waals surface area contributed by atoms with Gasteiger partial charge in [-0.25, -0.2) is 4.98 Å². The lowest BCUT2D eigenvalue weighted by Gasteiger charge is -2.37. The smallest absolute Gasteiger partial charge is 0.253 e. The van der Waals surface area contributed by atoms with Crippen LogP contribution in [0.5, 0.6) is 5.75 Å². The number of H-pyrrole nitrogens is 1. The van der Waals surface area contributed by atoms with Gasteiger partial charge in [-0.1, -0.05) is 0 Å². The molecule has 0 radical (unpaired) electrons. The Bertz CT molecular complexity index is 1350. The molecule has 0 aliphatic carbocycles. The van der Waals surface area contributed by atoms with Gasteiger partial charge in [0.15, 0.2) is 11.6 Å². The second kappa shape index (κ2) is 8.27. The number of amides is 1. The molecule has 2 saturated heterocycles. The zero-order valence-electron chi connectivity index (χ0n) is 18.8. The summed E-state index contributed by atoms with van der Waals surface area (Å²) in [6.07, 6.45) is 3.27. The molecule has 0 saturated carbocycles. The molecule has 2 N–H and O–H groups in total. The molecule has 34 heavy (non-hydrogen) atoms. The summed E-state index contributed by atoms with van der Waals surface area (Å²) in [6, 6.07) is 13.2. The van der Waals surface area contributed by atoms with Crippen LogP contribution >= 0.6 is 0 Å². The number of ether oxygens (including phenoxy) is 3. The fraction of sp³-hybridized carbons (Fsp3) is 0.320. The monoisotopic (exact) mass is 459 g/mol. The molecule has 9 nitrogen and oxygen atoms in total. The number of nitrogens with one attached hydrogen (secondary N) is 2. The molecule has 9 heteroatoms. The molecule has 1 amide bonds. The van der Waals surface area contributed by atoms with E-state index in [4.69, 9.17) is 19.2 Å². The quantitative estimate of drug-likeness (QED) is 0.478. The average Bonchev–Trinajstić information content (AvgIpc) is 3.55. The van der Waals surface area contributed by atoms with Crippen molar-refractivity contribution in [1.29, 1.82) is 0 Å². The topological polar surface area (TPSA) is 102 Å². The number of fused-ring (bicyclic) bond motifs is 3. The number of benzene rings is 2. The predicted octanol–water partition coefficient (Wildman–Crippen LogP) is 3.84. The van der Waals surface area contributed by atoms with Crippen LogP contribution in [-0.4, -0.2) is 65.2 Å². The van der Waals surface area contributed by atoms with Gasteiger partial charge in [-0.3, -0.25) is 9.89 Å². The highest BCUT2D eigenvalue weighted by molar-refractivity contribution is 6.09. The van der Waals surface area contributed by atoms with Gasteiger partial charge in [0.2, 0.25) is 0 Å². The number of aromatic nitrogens is 3. The number of hydrogen-bond acceptors (Lipinski definition) is 7. The van der Waals surface area contributed by atoms with Crippen molar-refractivity contribution in [3.8, 4) is 5.75 Å². The van der Waals surface area contributed by atoms with E-state index in [1.165, 1.54) is 0 Å². The Hall–Kier alpha value is -3.69. The molecule has 0 unspecified atom stereocenters. The first kappa shape index (κ1) is 20.9. The van der Waals surface area contributed by atoms with Gasteiger partial charge in [-0.05, 0) is 42.5 Å². The third-order valence-corrected chi connectivity index (χ3v) is 6.61. The van der Waals surface area contributed by atoms with Crippen molar-refractivity contribution in [2.24, 2.45) is 0 Å². The number of hydrogen-bond donors (Lipinski definition) is 2. The van der Waals surface area contributed by atoms with Crippen LogP contribution in [0.1, 0.15) is 23.2 Å². The minimum Gasteiger partial charge on any atom is -0.497 e. The van der Waals surface area contributed by atoms with Gasteiger partial charge in [0, 0.05) is 54.2 Å². The van der Waals surface area contributed by atoms with Crippen LogP contribution in [0.3, 0.4) is 0 Å². The van der Waals surface area contributed by atoms with Crippen molar-refractivity contribution in [2.75, 3.05) is 38.7 Å². The molecule has 6 rings (SSSR count). The number of methoxy groups -OCH3 is 1. The van der Waals surface area contributed by atoms with Gasteiger partial charge in [-0.15, -0.1) is 0 Å². The molecule has 2 aromatic carbocycles. The summed E-state index contributed by atoms with van der Waals surface area (Å²) >= 11 is 0. The third kappa shape index (κ3) is 3.63. The van der Waals surface area contributed by atoms with E-state index in [-0.39, 0.29) is 5.91 Å². The molecular formula is C25H25N5O4. The number of pyridine rings is 1. The summed E-state index contributed by atoms with van der Waals surface area (Å²) in [6.45, 7) is 2.52. The van der Waals surface area contributed by atoms with Gasteiger partial charge in [0.05, 0.1) is 25.8 Å². The lowest BCUT2D eigenvalue weighted by molar-refractivity contribution is -0.181. The van der Waals surface area contributed by atoms with Gasteiger partial charge >= 0.3 is 0 Å². The lowest BCUT2D eigenvalue weighted by atomic mass is 10.0. The summed E-state index contributed by atoms with van der Waals surface area (Å²) in [5.74, 6) is 0.947. The molecule has 4 aromatic rings.